The molecule has 0 aliphatic heterocycles. The van der Waals surface area contributed by atoms with Crippen molar-refractivity contribution >= 4 is 20.7 Å². The largest absolute Gasteiger partial charge is 0.452 e. The Morgan fingerprint density at radius 1 is 0.933 bits per heavy atom. The van der Waals surface area contributed by atoms with E-state index in [0.29, 0.717) is 18.8 Å². The minimum atomic E-state index is -3.93. The number of hydrogen-bond acceptors (Lipinski definition) is 3. The number of nitrogens with zero attached hydrogens (tertiary/aromatic N) is 2. The van der Waals surface area contributed by atoms with Crippen LogP contribution in [0.4, 0.5) is 0 Å². The van der Waals surface area contributed by atoms with Crippen molar-refractivity contribution in [1.82, 2.24) is 0 Å². The van der Waals surface area contributed by atoms with E-state index in [0.717, 1.165) is 19.3 Å². The normalized spacial score (nSPS) is 19.2. The van der Waals surface area contributed by atoms with Gasteiger partial charge in [-0.15, -0.1) is 4.79 Å². The second-order valence-corrected chi connectivity index (χ2v) is 10.7. The van der Waals surface area contributed by atoms with Crippen molar-refractivity contribution in [2.24, 2.45) is 5.92 Å². The molecular formula is C24H36N2O3S. The van der Waals surface area contributed by atoms with Crippen LogP contribution < -0.4 is 0 Å². The van der Waals surface area contributed by atoms with E-state index in [2.05, 4.69) is 11.7 Å². The summed E-state index contributed by atoms with van der Waals surface area (Å²) in [4.78, 5) is 15.5. The van der Waals surface area contributed by atoms with Crippen LogP contribution in [0.3, 0.4) is 0 Å². The third-order valence-corrected chi connectivity index (χ3v) is 8.44. The molecule has 1 aromatic rings. The van der Waals surface area contributed by atoms with Crippen LogP contribution in [-0.2, 0) is 9.84 Å². The monoisotopic (exact) mass is 432 g/mol. The van der Waals surface area contributed by atoms with Crippen LogP contribution in [0.2, 0.25) is 0 Å². The summed E-state index contributed by atoms with van der Waals surface area (Å²) >= 11 is 0. The summed E-state index contributed by atoms with van der Waals surface area (Å²) in [7, 11) is -3.93. The first-order valence-corrected chi connectivity index (χ1v) is 13.1. The SMILES string of the molecule is CCCCCCCCCCC1CCC(S(=O)(=O)C(=[N+]=[N-])C(=O)c2ccccc2)CC1. The van der Waals surface area contributed by atoms with Crippen LogP contribution >= 0.6 is 0 Å². The average Bonchev–Trinajstić information content (AvgIpc) is 2.77. The first-order valence-electron chi connectivity index (χ1n) is 11.6. The zero-order valence-electron chi connectivity index (χ0n) is 18.3. The summed E-state index contributed by atoms with van der Waals surface area (Å²) in [5.74, 6) is -0.171. The molecule has 1 saturated carbocycles. The lowest BCUT2D eigenvalue weighted by Crippen LogP contribution is -2.36. The molecule has 1 aliphatic rings. The summed E-state index contributed by atoms with van der Waals surface area (Å²) < 4.78 is 25.9. The number of sulfone groups is 1. The minimum Gasteiger partial charge on any atom is -0.360 e. The highest BCUT2D eigenvalue weighted by Gasteiger charge is 2.43. The maximum absolute atomic E-state index is 12.9. The first kappa shape index (κ1) is 24.5. The van der Waals surface area contributed by atoms with Gasteiger partial charge in [0.25, 0.3) is 15.6 Å². The Balaban J connectivity index is 1.78. The molecule has 0 spiro atoms. The molecule has 0 unspecified atom stereocenters. The third-order valence-electron chi connectivity index (χ3n) is 6.29. The van der Waals surface area contributed by atoms with Gasteiger partial charge in [0.15, 0.2) is 0 Å². The highest BCUT2D eigenvalue weighted by Crippen LogP contribution is 2.32. The van der Waals surface area contributed by atoms with Crippen molar-refractivity contribution in [1.29, 1.82) is 0 Å². The molecule has 1 aromatic carbocycles. The average molecular weight is 433 g/mol. The van der Waals surface area contributed by atoms with Gasteiger partial charge in [0.2, 0.25) is 0 Å². The first-order chi connectivity index (χ1) is 14.5. The second kappa shape index (κ2) is 12.8. The van der Waals surface area contributed by atoms with E-state index >= 15 is 0 Å². The number of benzene rings is 1. The van der Waals surface area contributed by atoms with Crippen LogP contribution in [0.15, 0.2) is 30.3 Å². The summed E-state index contributed by atoms with van der Waals surface area (Å²) in [5.41, 5.74) is 9.52. The van der Waals surface area contributed by atoms with Crippen LogP contribution in [0, 0.1) is 5.92 Å². The van der Waals surface area contributed by atoms with Gasteiger partial charge in [0.1, 0.15) is 0 Å². The topological polar surface area (TPSA) is 87.6 Å². The van der Waals surface area contributed by atoms with Gasteiger partial charge in [-0.05, 0) is 31.6 Å². The molecule has 0 amide bonds. The quantitative estimate of drug-likeness (QED) is 0.101. The van der Waals surface area contributed by atoms with E-state index in [-0.39, 0.29) is 5.56 Å². The number of Topliss-reactive ketones (excluding diaryl/α,β-unsaturated/α-hetero) is 1. The Morgan fingerprint density at radius 2 is 1.50 bits per heavy atom. The van der Waals surface area contributed by atoms with E-state index in [1.54, 1.807) is 18.2 Å². The van der Waals surface area contributed by atoms with Crippen LogP contribution in [0.5, 0.6) is 0 Å². The van der Waals surface area contributed by atoms with Crippen LogP contribution in [-0.4, -0.2) is 29.3 Å². The number of unbranched alkanes of at least 4 members (excludes halogenated alkanes) is 7. The number of rotatable bonds is 12. The summed E-state index contributed by atoms with van der Waals surface area (Å²) in [5, 5.41) is -1.36. The molecule has 1 fully saturated rings. The molecule has 30 heavy (non-hydrogen) atoms. The number of carbonyl (C=O) groups excluding carboxylic acids is 1. The van der Waals surface area contributed by atoms with Gasteiger partial charge >= 0.3 is 5.04 Å². The van der Waals surface area contributed by atoms with Gasteiger partial charge in [0.05, 0.1) is 5.25 Å². The molecule has 0 saturated heterocycles. The fraction of sp³-hybridized carbons (Fsp3) is 0.667. The molecule has 1 aliphatic carbocycles. The number of hydrogen-bond donors (Lipinski definition) is 0. The summed E-state index contributed by atoms with van der Waals surface area (Å²) in [6, 6.07) is 8.12. The van der Waals surface area contributed by atoms with E-state index in [9.17, 15) is 18.7 Å². The van der Waals surface area contributed by atoms with Crippen molar-refractivity contribution in [3.05, 3.63) is 41.4 Å². The molecule has 0 N–H and O–H groups in total. The Labute approximate surface area is 181 Å². The second-order valence-electron chi connectivity index (χ2n) is 8.55. The van der Waals surface area contributed by atoms with Crippen molar-refractivity contribution in [2.45, 2.75) is 95.6 Å². The molecular weight excluding hydrogens is 396 g/mol. The van der Waals surface area contributed by atoms with Crippen molar-refractivity contribution < 1.29 is 18.0 Å². The highest BCUT2D eigenvalue weighted by molar-refractivity contribution is 8.08. The van der Waals surface area contributed by atoms with Crippen molar-refractivity contribution in [2.75, 3.05) is 0 Å². The summed E-state index contributed by atoms with van der Waals surface area (Å²) in [6.07, 6.45) is 14.3. The Kier molecular flexibility index (Phi) is 10.5. The van der Waals surface area contributed by atoms with Crippen LogP contribution in [0.1, 0.15) is 101 Å². The van der Waals surface area contributed by atoms with E-state index in [1.165, 1.54) is 63.5 Å². The lowest BCUT2D eigenvalue weighted by molar-refractivity contribution is -0.00170. The maximum Gasteiger partial charge on any atom is 0.452 e. The lowest BCUT2D eigenvalue weighted by atomic mass is 9.85. The van der Waals surface area contributed by atoms with Crippen molar-refractivity contribution in [3.63, 3.8) is 0 Å². The summed E-state index contributed by atoms with van der Waals surface area (Å²) in [6.45, 7) is 2.23. The molecule has 0 atom stereocenters. The fourth-order valence-electron chi connectivity index (χ4n) is 4.40. The minimum absolute atomic E-state index is 0.220. The van der Waals surface area contributed by atoms with E-state index < -0.39 is 25.9 Å². The smallest absolute Gasteiger partial charge is 0.360 e. The van der Waals surface area contributed by atoms with Gasteiger partial charge in [-0.2, -0.15) is 0 Å². The fourth-order valence-corrected chi connectivity index (χ4v) is 6.10. The van der Waals surface area contributed by atoms with Crippen LogP contribution in [0.25, 0.3) is 5.53 Å². The standard InChI is InChI=1S/C24H36N2O3S/c1-2-3-4-5-6-7-8-10-13-20-16-18-22(19-17-20)30(28,29)24(26-25)23(27)21-14-11-9-12-15-21/h9,11-12,14-15,20,22H,2-8,10,13,16-19H2,1H3. The van der Waals surface area contributed by atoms with Gasteiger partial charge in [0, 0.05) is 5.56 Å². The zero-order valence-corrected chi connectivity index (χ0v) is 19.1. The van der Waals surface area contributed by atoms with E-state index in [1.807, 2.05) is 0 Å². The lowest BCUT2D eigenvalue weighted by Gasteiger charge is -2.27. The molecule has 166 valence electrons. The van der Waals surface area contributed by atoms with Gasteiger partial charge in [-0.1, -0.05) is 95.0 Å². The molecule has 2 rings (SSSR count). The molecule has 0 bridgehead atoms. The van der Waals surface area contributed by atoms with E-state index in [4.69, 9.17) is 0 Å². The zero-order chi connectivity index (χ0) is 21.8. The predicted molar refractivity (Wildman–Crippen MR) is 121 cm³/mol. The van der Waals surface area contributed by atoms with Gasteiger partial charge in [-0.3, -0.25) is 4.79 Å². The van der Waals surface area contributed by atoms with Gasteiger partial charge in [-0.25, -0.2) is 8.42 Å². The molecule has 0 aromatic heterocycles. The predicted octanol–water partition coefficient (Wildman–Crippen LogP) is 6.00. The third kappa shape index (κ3) is 7.17. The Bertz CT molecular complexity index is 806. The maximum atomic E-state index is 12.9. The highest BCUT2D eigenvalue weighted by atomic mass is 32.2. The molecule has 0 heterocycles. The molecule has 0 radical (unpaired) electrons. The Morgan fingerprint density at radius 3 is 2.07 bits per heavy atom. The molecule has 6 heteroatoms. The van der Waals surface area contributed by atoms with Crippen molar-refractivity contribution in [3.8, 4) is 0 Å². The van der Waals surface area contributed by atoms with Gasteiger partial charge < -0.3 is 5.53 Å². The number of ketones is 1. The Hall–Kier alpha value is -1.78. The molecule has 5 nitrogen and oxygen atoms in total. The number of carbonyl (C=O) groups is 1.